The van der Waals surface area contributed by atoms with Gasteiger partial charge < -0.3 is 10.2 Å². The number of benzene rings is 2. The first-order valence-electron chi connectivity index (χ1n) is 10.3. The molecule has 7 nitrogen and oxygen atoms in total. The van der Waals surface area contributed by atoms with Gasteiger partial charge in [0, 0.05) is 55.4 Å². The van der Waals surface area contributed by atoms with Crippen LogP contribution in [0.1, 0.15) is 5.56 Å². The van der Waals surface area contributed by atoms with E-state index < -0.39 is 11.0 Å². The lowest BCUT2D eigenvalue weighted by Gasteiger charge is -2.29. The van der Waals surface area contributed by atoms with Crippen LogP contribution in [0.2, 0.25) is 0 Å². The fourth-order valence-corrected chi connectivity index (χ4v) is 4.63. The number of fused-ring (bicyclic) bond motifs is 1. The first kappa shape index (κ1) is 19.9. The molecule has 3 N–H and O–H groups in total. The molecule has 1 aliphatic heterocycles. The first-order valence-corrected chi connectivity index (χ1v) is 11.5. The number of rotatable bonds is 4. The van der Waals surface area contributed by atoms with Crippen molar-refractivity contribution in [1.29, 1.82) is 0 Å². The maximum Gasteiger partial charge on any atom is 0.162 e. The molecule has 1 aliphatic rings. The minimum absolute atomic E-state index is 0.623. The number of hydrogen-bond donors (Lipinski definition) is 2. The van der Waals surface area contributed by atoms with Crippen LogP contribution in [0.25, 0.3) is 27.9 Å². The van der Waals surface area contributed by atoms with Crippen molar-refractivity contribution in [2.24, 2.45) is 5.14 Å². The van der Waals surface area contributed by atoms with Gasteiger partial charge in [-0.3, -0.25) is 0 Å². The van der Waals surface area contributed by atoms with Crippen LogP contribution in [-0.4, -0.2) is 45.0 Å². The Morgan fingerprint density at radius 1 is 1.00 bits per heavy atom. The highest BCUT2D eigenvalue weighted by molar-refractivity contribution is 7.82. The molecule has 0 aliphatic carbocycles. The van der Waals surface area contributed by atoms with Gasteiger partial charge in [-0.05, 0) is 41.8 Å². The van der Waals surface area contributed by atoms with Crippen LogP contribution < -0.4 is 15.4 Å². The van der Waals surface area contributed by atoms with Crippen LogP contribution in [-0.2, 0) is 11.0 Å². The van der Waals surface area contributed by atoms with E-state index in [0.29, 0.717) is 4.90 Å². The smallest absolute Gasteiger partial charge is 0.162 e. The molecule has 2 aromatic carbocycles. The molecule has 0 bridgehead atoms. The highest BCUT2D eigenvalue weighted by Crippen LogP contribution is 2.28. The van der Waals surface area contributed by atoms with Crippen LogP contribution in [0.15, 0.2) is 66.0 Å². The minimum atomic E-state index is -1.53. The van der Waals surface area contributed by atoms with Crippen LogP contribution >= 0.6 is 0 Å². The molecule has 1 saturated heterocycles. The summed E-state index contributed by atoms with van der Waals surface area (Å²) in [6, 6.07) is 14.4. The fraction of sp³-hybridized carbons (Fsp3) is 0.217. The van der Waals surface area contributed by atoms with Crippen LogP contribution in [0, 0.1) is 6.92 Å². The molecule has 0 spiro atoms. The summed E-state index contributed by atoms with van der Waals surface area (Å²) in [6.07, 6.45) is 5.64. The second-order valence-electron chi connectivity index (χ2n) is 7.73. The number of nitrogens with one attached hydrogen (secondary N) is 1. The zero-order chi connectivity index (χ0) is 21.4. The molecule has 5 rings (SSSR count). The molecule has 0 saturated carbocycles. The van der Waals surface area contributed by atoms with Crippen LogP contribution in [0.4, 0.5) is 5.69 Å². The maximum absolute atomic E-state index is 11.8. The molecule has 4 aromatic rings. The first-order chi connectivity index (χ1) is 15.1. The lowest BCUT2D eigenvalue weighted by Crippen LogP contribution is -2.43. The number of piperazine rings is 1. The Balaban J connectivity index is 1.46. The quantitative estimate of drug-likeness (QED) is 0.518. The molecule has 1 unspecified atom stereocenters. The average Bonchev–Trinajstić information content (AvgIpc) is 3.23. The third kappa shape index (κ3) is 3.85. The van der Waals surface area contributed by atoms with E-state index in [4.69, 9.17) is 5.14 Å². The largest absolute Gasteiger partial charge is 0.369 e. The summed E-state index contributed by atoms with van der Waals surface area (Å²) in [4.78, 5) is 7.70. The van der Waals surface area contributed by atoms with Gasteiger partial charge in [0.15, 0.2) is 5.65 Å². The summed E-state index contributed by atoms with van der Waals surface area (Å²) >= 11 is 0. The Kier molecular flexibility index (Phi) is 5.27. The standard InChI is InChI=1S/C23H24N6OS/c1-16-2-3-18(12-22(16)31(24)30)21-14-27-29-15-19(13-26-23(21)29)17-4-6-20(7-5-17)28-10-8-25-9-11-28/h2-7,12-15,25H,8-11,24H2,1H3. The van der Waals surface area contributed by atoms with Gasteiger partial charge in [-0.1, -0.05) is 24.3 Å². The zero-order valence-electron chi connectivity index (χ0n) is 17.3. The molecule has 0 amide bonds. The van der Waals surface area contributed by atoms with Gasteiger partial charge >= 0.3 is 0 Å². The average molecular weight is 433 g/mol. The SMILES string of the molecule is Cc1ccc(-c2cnn3cc(-c4ccc(N5CCNCC5)cc4)cnc23)cc1S(N)=O. The Morgan fingerprint density at radius 3 is 2.48 bits per heavy atom. The molecule has 0 radical (unpaired) electrons. The van der Waals surface area contributed by atoms with Crippen molar-refractivity contribution >= 4 is 22.3 Å². The Labute approximate surface area is 183 Å². The Bertz CT molecular complexity index is 1260. The summed E-state index contributed by atoms with van der Waals surface area (Å²) in [7, 11) is -1.53. The molecule has 1 atom stereocenters. The monoisotopic (exact) mass is 432 g/mol. The van der Waals surface area contributed by atoms with E-state index in [2.05, 4.69) is 44.6 Å². The molecule has 31 heavy (non-hydrogen) atoms. The van der Waals surface area contributed by atoms with Gasteiger partial charge in [-0.2, -0.15) is 5.10 Å². The molecule has 2 aromatic heterocycles. The molecule has 1 fully saturated rings. The van der Waals surface area contributed by atoms with Crippen LogP contribution in [0.5, 0.6) is 0 Å². The molecule has 158 valence electrons. The van der Waals surface area contributed by atoms with Gasteiger partial charge in [0.1, 0.15) is 11.0 Å². The number of nitrogens with zero attached hydrogens (tertiary/aromatic N) is 4. The van der Waals surface area contributed by atoms with Crippen molar-refractivity contribution in [3.05, 3.63) is 66.6 Å². The second kappa shape index (κ2) is 8.22. The predicted octanol–water partition coefficient (Wildman–Crippen LogP) is 2.76. The number of anilines is 1. The van der Waals surface area contributed by atoms with E-state index in [1.807, 2.05) is 37.5 Å². The number of hydrogen-bond acceptors (Lipinski definition) is 5. The lowest BCUT2D eigenvalue weighted by molar-refractivity contribution is 0.589. The van der Waals surface area contributed by atoms with Crippen molar-refractivity contribution in [2.75, 3.05) is 31.1 Å². The predicted molar refractivity (Wildman–Crippen MR) is 124 cm³/mol. The third-order valence-corrected chi connectivity index (χ3v) is 6.63. The number of aryl methyl sites for hydroxylation is 1. The van der Waals surface area contributed by atoms with Gasteiger partial charge in [-0.15, -0.1) is 0 Å². The van der Waals surface area contributed by atoms with E-state index in [0.717, 1.165) is 59.6 Å². The van der Waals surface area contributed by atoms with E-state index in [-0.39, 0.29) is 0 Å². The van der Waals surface area contributed by atoms with Gasteiger partial charge in [-0.25, -0.2) is 18.8 Å². The van der Waals surface area contributed by atoms with E-state index in [9.17, 15) is 4.21 Å². The van der Waals surface area contributed by atoms with Gasteiger partial charge in [0.2, 0.25) is 0 Å². The molecular formula is C23H24N6OS. The summed E-state index contributed by atoms with van der Waals surface area (Å²) in [5.41, 5.74) is 6.78. The summed E-state index contributed by atoms with van der Waals surface area (Å²) in [5, 5.41) is 13.5. The highest BCUT2D eigenvalue weighted by Gasteiger charge is 2.13. The highest BCUT2D eigenvalue weighted by atomic mass is 32.2. The number of aromatic nitrogens is 3. The molecule has 8 heteroatoms. The summed E-state index contributed by atoms with van der Waals surface area (Å²) in [6.45, 7) is 6.00. The normalized spacial score (nSPS) is 15.4. The maximum atomic E-state index is 11.8. The Hall–Kier alpha value is -3.07. The van der Waals surface area contributed by atoms with Crippen LogP contribution in [0.3, 0.4) is 0 Å². The summed E-state index contributed by atoms with van der Waals surface area (Å²) in [5.74, 6) is 0. The van der Waals surface area contributed by atoms with Crippen molar-refractivity contribution in [1.82, 2.24) is 19.9 Å². The molecule has 3 heterocycles. The summed E-state index contributed by atoms with van der Waals surface area (Å²) < 4.78 is 13.6. The van der Waals surface area contributed by atoms with Crippen molar-refractivity contribution < 1.29 is 4.21 Å². The lowest BCUT2D eigenvalue weighted by atomic mass is 10.1. The number of nitrogens with two attached hydrogens (primary N) is 1. The Morgan fingerprint density at radius 2 is 1.74 bits per heavy atom. The van der Waals surface area contributed by atoms with E-state index in [1.54, 1.807) is 10.7 Å². The van der Waals surface area contributed by atoms with E-state index >= 15 is 0 Å². The van der Waals surface area contributed by atoms with Crippen molar-refractivity contribution in [2.45, 2.75) is 11.8 Å². The minimum Gasteiger partial charge on any atom is -0.369 e. The van der Waals surface area contributed by atoms with Gasteiger partial charge in [0.05, 0.1) is 11.1 Å². The molecular weight excluding hydrogens is 408 g/mol. The van der Waals surface area contributed by atoms with Gasteiger partial charge in [0.25, 0.3) is 0 Å². The topological polar surface area (TPSA) is 88.6 Å². The van der Waals surface area contributed by atoms with Crippen molar-refractivity contribution in [3.8, 4) is 22.3 Å². The third-order valence-electron chi connectivity index (χ3n) is 5.76. The zero-order valence-corrected chi connectivity index (χ0v) is 18.1. The fourth-order valence-electron chi connectivity index (χ4n) is 4.00. The van der Waals surface area contributed by atoms with Crippen molar-refractivity contribution in [3.63, 3.8) is 0 Å². The van der Waals surface area contributed by atoms with E-state index in [1.165, 1.54) is 5.69 Å². The second-order valence-corrected chi connectivity index (χ2v) is 8.77.